The molecule has 0 fully saturated rings. The molecule has 5 heteroatoms. The fourth-order valence-corrected chi connectivity index (χ4v) is 4.91. The summed E-state index contributed by atoms with van der Waals surface area (Å²) in [6.45, 7) is 14.3. The summed E-state index contributed by atoms with van der Waals surface area (Å²) in [4.78, 5) is 25.5. The van der Waals surface area contributed by atoms with Crippen molar-refractivity contribution in [1.29, 1.82) is 0 Å². The van der Waals surface area contributed by atoms with Gasteiger partial charge in [0.1, 0.15) is 0 Å². The van der Waals surface area contributed by atoms with Crippen molar-refractivity contribution >= 4 is 11.8 Å². The first kappa shape index (κ1) is 26.7. The Morgan fingerprint density at radius 1 is 1.00 bits per heavy atom. The van der Waals surface area contributed by atoms with Gasteiger partial charge in [-0.25, -0.2) is 0 Å². The Labute approximate surface area is 200 Å². The van der Waals surface area contributed by atoms with Crippen molar-refractivity contribution in [3.05, 3.63) is 58.8 Å². The minimum Gasteiger partial charge on any atom is -0.391 e. The van der Waals surface area contributed by atoms with Gasteiger partial charge in [-0.1, -0.05) is 32.1 Å². The molecule has 33 heavy (non-hydrogen) atoms. The summed E-state index contributed by atoms with van der Waals surface area (Å²) in [7, 11) is 0. The predicted molar refractivity (Wildman–Crippen MR) is 137 cm³/mol. The molecule has 2 rings (SSSR count). The van der Waals surface area contributed by atoms with Crippen LogP contribution in [0.15, 0.2) is 42.1 Å². The van der Waals surface area contributed by atoms with Crippen LogP contribution in [-0.2, 0) is 10.2 Å². The van der Waals surface area contributed by atoms with E-state index in [-0.39, 0.29) is 17.2 Å². The van der Waals surface area contributed by atoms with Crippen LogP contribution in [0, 0.1) is 6.92 Å². The molecule has 0 bridgehead atoms. The molecule has 1 aliphatic carbocycles. The summed E-state index contributed by atoms with van der Waals surface area (Å²) >= 11 is 0. The summed E-state index contributed by atoms with van der Waals surface area (Å²) in [6, 6.07) is 6.02. The standard InChI is InChI=1S/C28H43N3O2/c1-6-17-30-26(32)23-14-13-22(5)25(20-23)28(7-2,15-18-29-8-3)16-19-31-27(33)24-12-10-9-11-21(24)4/h8,13-14,20,29H,3,6-7,9-12,15-19H2,1-2,4-5H3,(H,30,32)(H,31,33). The minimum atomic E-state index is -0.148. The lowest BCUT2D eigenvalue weighted by molar-refractivity contribution is -0.117. The lowest BCUT2D eigenvalue weighted by Gasteiger charge is -2.36. The van der Waals surface area contributed by atoms with Gasteiger partial charge in [0.05, 0.1) is 0 Å². The molecule has 1 aromatic rings. The molecule has 0 spiro atoms. The highest BCUT2D eigenvalue weighted by Gasteiger charge is 2.32. The second kappa shape index (κ2) is 13.2. The van der Waals surface area contributed by atoms with Gasteiger partial charge in [0.15, 0.2) is 0 Å². The molecule has 1 aromatic carbocycles. The summed E-state index contributed by atoms with van der Waals surface area (Å²) < 4.78 is 0. The van der Waals surface area contributed by atoms with Gasteiger partial charge in [-0.05, 0) is 100 Å². The third-order valence-electron chi connectivity index (χ3n) is 7.08. The highest BCUT2D eigenvalue weighted by molar-refractivity contribution is 5.95. The molecular formula is C28H43N3O2. The molecule has 0 heterocycles. The number of hydrogen-bond acceptors (Lipinski definition) is 3. The molecule has 5 nitrogen and oxygen atoms in total. The van der Waals surface area contributed by atoms with Gasteiger partial charge in [0, 0.05) is 30.8 Å². The van der Waals surface area contributed by atoms with Crippen LogP contribution in [0.3, 0.4) is 0 Å². The molecule has 2 amide bonds. The number of amides is 2. The van der Waals surface area contributed by atoms with Gasteiger partial charge >= 0.3 is 0 Å². The zero-order chi connectivity index (χ0) is 24.3. The van der Waals surface area contributed by atoms with Crippen LogP contribution in [0.5, 0.6) is 0 Å². The molecule has 1 aliphatic rings. The number of benzene rings is 1. The molecule has 0 aromatic heterocycles. The van der Waals surface area contributed by atoms with Crippen LogP contribution in [0.1, 0.15) is 93.6 Å². The van der Waals surface area contributed by atoms with E-state index in [2.05, 4.69) is 62.4 Å². The van der Waals surface area contributed by atoms with Crippen molar-refractivity contribution in [2.45, 2.75) is 84.5 Å². The molecule has 0 saturated heterocycles. The number of carbonyl (C=O) groups excluding carboxylic acids is 2. The lowest BCUT2D eigenvalue weighted by atomic mass is 9.70. The Morgan fingerprint density at radius 2 is 1.70 bits per heavy atom. The maximum Gasteiger partial charge on any atom is 0.251 e. The van der Waals surface area contributed by atoms with Gasteiger partial charge < -0.3 is 16.0 Å². The first-order valence-corrected chi connectivity index (χ1v) is 12.6. The third kappa shape index (κ3) is 7.21. The molecule has 1 atom stereocenters. The fourth-order valence-electron chi connectivity index (χ4n) is 4.91. The molecule has 0 aliphatic heterocycles. The number of aryl methyl sites for hydroxylation is 1. The van der Waals surface area contributed by atoms with Crippen molar-refractivity contribution in [3.8, 4) is 0 Å². The maximum absolute atomic E-state index is 12.8. The summed E-state index contributed by atoms with van der Waals surface area (Å²) in [5, 5.41) is 9.43. The SMILES string of the molecule is C=CNCCC(CC)(CCNC(=O)C1=C(C)CCCC1)c1cc(C(=O)NCCC)ccc1C. The van der Waals surface area contributed by atoms with Crippen molar-refractivity contribution in [1.82, 2.24) is 16.0 Å². The molecule has 0 saturated carbocycles. The van der Waals surface area contributed by atoms with Gasteiger partial charge in [-0.15, -0.1) is 0 Å². The van der Waals surface area contributed by atoms with E-state index in [1.165, 1.54) is 23.1 Å². The van der Waals surface area contributed by atoms with Crippen molar-refractivity contribution in [2.75, 3.05) is 19.6 Å². The zero-order valence-electron chi connectivity index (χ0n) is 21.1. The number of hydrogen-bond donors (Lipinski definition) is 3. The number of carbonyl (C=O) groups is 2. The zero-order valence-corrected chi connectivity index (χ0v) is 21.1. The van der Waals surface area contributed by atoms with Crippen LogP contribution in [-0.4, -0.2) is 31.4 Å². The number of nitrogens with one attached hydrogen (secondary N) is 3. The smallest absolute Gasteiger partial charge is 0.251 e. The van der Waals surface area contributed by atoms with Crippen LogP contribution in [0.2, 0.25) is 0 Å². The minimum absolute atomic E-state index is 0.0275. The third-order valence-corrected chi connectivity index (χ3v) is 7.08. The van der Waals surface area contributed by atoms with Crippen LogP contribution < -0.4 is 16.0 Å². The normalized spacial score (nSPS) is 15.5. The first-order valence-electron chi connectivity index (χ1n) is 12.6. The van der Waals surface area contributed by atoms with E-state index in [1.54, 1.807) is 6.20 Å². The van der Waals surface area contributed by atoms with Gasteiger partial charge in [-0.2, -0.15) is 0 Å². The number of rotatable bonds is 13. The Balaban J connectivity index is 2.26. The number of allylic oxidation sites excluding steroid dienone is 1. The Morgan fingerprint density at radius 3 is 2.36 bits per heavy atom. The van der Waals surface area contributed by atoms with Crippen molar-refractivity contribution in [2.24, 2.45) is 0 Å². The van der Waals surface area contributed by atoms with Crippen molar-refractivity contribution in [3.63, 3.8) is 0 Å². The second-order valence-electron chi connectivity index (χ2n) is 9.30. The fraction of sp³-hybridized carbons (Fsp3) is 0.571. The first-order chi connectivity index (χ1) is 15.9. The predicted octanol–water partition coefficient (Wildman–Crippen LogP) is 5.30. The maximum atomic E-state index is 12.8. The van der Waals surface area contributed by atoms with E-state index in [1.807, 2.05) is 6.07 Å². The van der Waals surface area contributed by atoms with Gasteiger partial charge in [-0.3, -0.25) is 9.59 Å². The van der Waals surface area contributed by atoms with E-state index in [4.69, 9.17) is 0 Å². The Bertz CT molecular complexity index is 859. The largest absolute Gasteiger partial charge is 0.391 e. The average molecular weight is 454 g/mol. The highest BCUT2D eigenvalue weighted by Crippen LogP contribution is 2.37. The van der Waals surface area contributed by atoms with E-state index in [0.717, 1.165) is 57.1 Å². The Kier molecular flexibility index (Phi) is 10.7. The van der Waals surface area contributed by atoms with E-state index in [9.17, 15) is 9.59 Å². The van der Waals surface area contributed by atoms with E-state index < -0.39 is 0 Å². The topological polar surface area (TPSA) is 70.2 Å². The molecule has 1 unspecified atom stereocenters. The summed E-state index contributed by atoms with van der Waals surface area (Å²) in [6.07, 6.45) is 9.46. The van der Waals surface area contributed by atoms with Crippen LogP contribution in [0.4, 0.5) is 0 Å². The van der Waals surface area contributed by atoms with Gasteiger partial charge in [0.25, 0.3) is 5.91 Å². The molecule has 0 radical (unpaired) electrons. The van der Waals surface area contributed by atoms with E-state index >= 15 is 0 Å². The van der Waals surface area contributed by atoms with Crippen molar-refractivity contribution < 1.29 is 9.59 Å². The summed E-state index contributed by atoms with van der Waals surface area (Å²) in [5.74, 6) is 0.0613. The average Bonchev–Trinajstić information content (AvgIpc) is 2.82. The lowest BCUT2D eigenvalue weighted by Crippen LogP contribution is -2.36. The van der Waals surface area contributed by atoms with E-state index in [0.29, 0.717) is 18.7 Å². The van der Waals surface area contributed by atoms with Gasteiger partial charge in [0.2, 0.25) is 5.91 Å². The molecule has 182 valence electrons. The molecule has 3 N–H and O–H groups in total. The summed E-state index contributed by atoms with van der Waals surface area (Å²) in [5.41, 5.74) is 5.14. The Hall–Kier alpha value is -2.56. The quantitative estimate of drug-likeness (QED) is 0.355. The van der Waals surface area contributed by atoms with Crippen LogP contribution in [0.25, 0.3) is 0 Å². The highest BCUT2D eigenvalue weighted by atomic mass is 16.2. The van der Waals surface area contributed by atoms with Crippen LogP contribution >= 0.6 is 0 Å². The molecular weight excluding hydrogens is 410 g/mol. The monoisotopic (exact) mass is 453 g/mol. The second-order valence-corrected chi connectivity index (χ2v) is 9.30.